The van der Waals surface area contributed by atoms with Gasteiger partial charge in [0.15, 0.2) is 17.5 Å². The van der Waals surface area contributed by atoms with E-state index in [1.807, 2.05) is 60.7 Å². The zero-order valence-electron chi connectivity index (χ0n) is 17.6. The van der Waals surface area contributed by atoms with Crippen molar-refractivity contribution in [1.29, 1.82) is 5.26 Å². The van der Waals surface area contributed by atoms with E-state index in [9.17, 15) is 5.11 Å². The molecular formula is C28H18N4O. The van der Waals surface area contributed by atoms with Crippen LogP contribution >= 0.6 is 0 Å². The van der Waals surface area contributed by atoms with E-state index in [2.05, 4.69) is 28.2 Å². The van der Waals surface area contributed by atoms with Crippen LogP contribution in [0.2, 0.25) is 0 Å². The molecule has 0 aliphatic carbocycles. The first kappa shape index (κ1) is 20.1. The predicted octanol–water partition coefficient (Wildman–Crippen LogP) is 6.12. The highest BCUT2D eigenvalue weighted by Crippen LogP contribution is 2.30. The van der Waals surface area contributed by atoms with Gasteiger partial charge in [0, 0.05) is 11.1 Å². The number of hydrogen-bond acceptors (Lipinski definition) is 5. The van der Waals surface area contributed by atoms with E-state index in [0.717, 1.165) is 22.3 Å². The molecule has 0 amide bonds. The van der Waals surface area contributed by atoms with Crippen molar-refractivity contribution in [3.8, 4) is 57.1 Å². The highest BCUT2D eigenvalue weighted by molar-refractivity contribution is 5.72. The molecule has 0 aliphatic heterocycles. The first-order valence-corrected chi connectivity index (χ1v) is 10.4. The molecule has 1 N–H and O–H groups in total. The molecule has 0 bridgehead atoms. The van der Waals surface area contributed by atoms with Crippen LogP contribution in [0.5, 0.6) is 5.75 Å². The Morgan fingerprint density at radius 3 is 1.61 bits per heavy atom. The molecule has 0 unspecified atom stereocenters. The lowest BCUT2D eigenvalue weighted by Gasteiger charge is -2.10. The van der Waals surface area contributed by atoms with E-state index in [4.69, 9.17) is 10.2 Å². The van der Waals surface area contributed by atoms with Gasteiger partial charge in [-0.3, -0.25) is 0 Å². The van der Waals surface area contributed by atoms with Crippen LogP contribution in [0.3, 0.4) is 0 Å². The molecule has 1 heterocycles. The lowest BCUT2D eigenvalue weighted by molar-refractivity contribution is 0.477. The van der Waals surface area contributed by atoms with Crippen LogP contribution in [0.1, 0.15) is 5.56 Å². The molecule has 5 nitrogen and oxygen atoms in total. The summed E-state index contributed by atoms with van der Waals surface area (Å²) in [6.45, 7) is 0. The van der Waals surface area contributed by atoms with Crippen molar-refractivity contribution >= 4 is 0 Å². The Bertz CT molecular complexity index is 1460. The number of phenols is 1. The molecule has 1 aromatic heterocycles. The molecule has 0 saturated carbocycles. The quantitative estimate of drug-likeness (QED) is 0.374. The molecule has 0 atom stereocenters. The standard InChI is InChI=1S/C28H18N4O/c29-18-19-10-12-22(13-11-19)26-30-27(32-28(31-26)24-8-4-5-9-25(24)33)23-16-14-21(15-17-23)20-6-2-1-3-7-20/h1-17,33H. The Morgan fingerprint density at radius 2 is 1.00 bits per heavy atom. The van der Waals surface area contributed by atoms with Gasteiger partial charge in [-0.15, -0.1) is 0 Å². The first-order valence-electron chi connectivity index (χ1n) is 10.4. The van der Waals surface area contributed by atoms with Crippen molar-refractivity contribution in [2.75, 3.05) is 0 Å². The minimum absolute atomic E-state index is 0.0971. The van der Waals surface area contributed by atoms with E-state index in [0.29, 0.717) is 28.6 Å². The second-order valence-electron chi connectivity index (χ2n) is 7.46. The Labute approximate surface area is 191 Å². The lowest BCUT2D eigenvalue weighted by Crippen LogP contribution is -2.00. The monoisotopic (exact) mass is 426 g/mol. The topological polar surface area (TPSA) is 82.7 Å². The van der Waals surface area contributed by atoms with E-state index in [1.165, 1.54) is 0 Å². The zero-order chi connectivity index (χ0) is 22.6. The largest absolute Gasteiger partial charge is 0.507 e. The second-order valence-corrected chi connectivity index (χ2v) is 7.46. The number of benzene rings is 4. The average molecular weight is 426 g/mol. The molecule has 33 heavy (non-hydrogen) atoms. The summed E-state index contributed by atoms with van der Waals surface area (Å²) in [6.07, 6.45) is 0. The molecule has 0 fully saturated rings. The zero-order valence-corrected chi connectivity index (χ0v) is 17.6. The van der Waals surface area contributed by atoms with Crippen molar-refractivity contribution in [2.24, 2.45) is 0 Å². The Balaban J connectivity index is 1.62. The van der Waals surface area contributed by atoms with Crippen LogP contribution in [-0.4, -0.2) is 20.1 Å². The van der Waals surface area contributed by atoms with Crippen molar-refractivity contribution in [2.45, 2.75) is 0 Å². The summed E-state index contributed by atoms with van der Waals surface area (Å²) in [5.41, 5.74) is 4.91. The third-order valence-corrected chi connectivity index (χ3v) is 5.30. The summed E-state index contributed by atoms with van der Waals surface area (Å²) in [4.78, 5) is 14.0. The van der Waals surface area contributed by atoms with E-state index >= 15 is 0 Å². The molecule has 5 heteroatoms. The van der Waals surface area contributed by atoms with Crippen LogP contribution in [0.25, 0.3) is 45.3 Å². The molecule has 5 aromatic rings. The molecule has 156 valence electrons. The number of rotatable bonds is 4. The smallest absolute Gasteiger partial charge is 0.167 e. The van der Waals surface area contributed by atoms with Gasteiger partial charge in [0.05, 0.1) is 17.2 Å². The van der Waals surface area contributed by atoms with Crippen molar-refractivity contribution in [3.63, 3.8) is 0 Å². The number of hydrogen-bond donors (Lipinski definition) is 1. The van der Waals surface area contributed by atoms with Gasteiger partial charge < -0.3 is 5.11 Å². The van der Waals surface area contributed by atoms with Crippen molar-refractivity contribution in [1.82, 2.24) is 15.0 Å². The van der Waals surface area contributed by atoms with Crippen LogP contribution in [-0.2, 0) is 0 Å². The third kappa shape index (κ3) is 4.18. The van der Waals surface area contributed by atoms with Crippen molar-refractivity contribution in [3.05, 3.63) is 109 Å². The molecule has 0 spiro atoms. The van der Waals surface area contributed by atoms with E-state index < -0.39 is 0 Å². The van der Waals surface area contributed by atoms with Crippen LogP contribution in [0.15, 0.2) is 103 Å². The van der Waals surface area contributed by atoms with Crippen LogP contribution in [0.4, 0.5) is 0 Å². The third-order valence-electron chi connectivity index (χ3n) is 5.30. The van der Waals surface area contributed by atoms with Gasteiger partial charge in [0.25, 0.3) is 0 Å². The van der Waals surface area contributed by atoms with Gasteiger partial charge in [-0.25, -0.2) is 15.0 Å². The Hall–Kier alpha value is -4.82. The molecule has 0 saturated heterocycles. The van der Waals surface area contributed by atoms with Gasteiger partial charge in [0.2, 0.25) is 0 Å². The Kier molecular flexibility index (Phi) is 5.32. The summed E-state index contributed by atoms with van der Waals surface area (Å²) >= 11 is 0. The number of para-hydroxylation sites is 1. The average Bonchev–Trinajstić information content (AvgIpc) is 2.89. The minimum Gasteiger partial charge on any atom is -0.507 e. The number of nitriles is 1. The summed E-state index contributed by atoms with van der Waals surface area (Å²) in [5.74, 6) is 1.45. The SMILES string of the molecule is N#Cc1ccc(-c2nc(-c3ccc(-c4ccccc4)cc3)nc(-c3ccccc3O)n2)cc1. The summed E-state index contributed by atoms with van der Waals surface area (Å²) in [5, 5.41) is 19.5. The van der Waals surface area contributed by atoms with Gasteiger partial charge in [-0.05, 0) is 47.5 Å². The fraction of sp³-hybridized carbons (Fsp3) is 0. The molecular weight excluding hydrogens is 408 g/mol. The highest BCUT2D eigenvalue weighted by Gasteiger charge is 2.14. The number of aromatic hydroxyl groups is 1. The normalized spacial score (nSPS) is 10.5. The fourth-order valence-electron chi connectivity index (χ4n) is 3.55. The highest BCUT2D eigenvalue weighted by atomic mass is 16.3. The Morgan fingerprint density at radius 1 is 0.515 bits per heavy atom. The van der Waals surface area contributed by atoms with E-state index in [-0.39, 0.29) is 5.75 Å². The number of aromatic nitrogens is 3. The summed E-state index contributed by atoms with van der Waals surface area (Å²) in [7, 11) is 0. The van der Waals surface area contributed by atoms with E-state index in [1.54, 1.807) is 30.3 Å². The van der Waals surface area contributed by atoms with Gasteiger partial charge in [0.1, 0.15) is 5.75 Å². The minimum atomic E-state index is 0.0971. The van der Waals surface area contributed by atoms with Crippen LogP contribution < -0.4 is 0 Å². The maximum Gasteiger partial charge on any atom is 0.167 e. The molecule has 4 aromatic carbocycles. The maximum atomic E-state index is 10.4. The molecule has 0 radical (unpaired) electrons. The van der Waals surface area contributed by atoms with Gasteiger partial charge >= 0.3 is 0 Å². The predicted molar refractivity (Wildman–Crippen MR) is 128 cm³/mol. The van der Waals surface area contributed by atoms with Crippen molar-refractivity contribution < 1.29 is 5.11 Å². The maximum absolute atomic E-state index is 10.4. The summed E-state index contributed by atoms with van der Waals surface area (Å²) in [6, 6.07) is 34.3. The number of nitrogens with zero attached hydrogens (tertiary/aromatic N) is 4. The first-order chi connectivity index (χ1) is 16.2. The van der Waals surface area contributed by atoms with Gasteiger partial charge in [-0.1, -0.05) is 66.7 Å². The van der Waals surface area contributed by atoms with Crippen LogP contribution in [0, 0.1) is 11.3 Å². The summed E-state index contributed by atoms with van der Waals surface area (Å²) < 4.78 is 0. The van der Waals surface area contributed by atoms with Gasteiger partial charge in [-0.2, -0.15) is 5.26 Å². The lowest BCUT2D eigenvalue weighted by atomic mass is 10.0. The molecule has 5 rings (SSSR count). The fourth-order valence-corrected chi connectivity index (χ4v) is 3.55. The molecule has 0 aliphatic rings. The second kappa shape index (κ2) is 8.74. The number of phenolic OH excluding ortho intramolecular Hbond substituents is 1.